The van der Waals surface area contributed by atoms with Gasteiger partial charge in [0.15, 0.2) is 5.75 Å². The van der Waals surface area contributed by atoms with E-state index in [2.05, 4.69) is 10.3 Å². The zero-order valence-corrected chi connectivity index (χ0v) is 26.3. The van der Waals surface area contributed by atoms with E-state index in [1.165, 1.54) is 18.2 Å². The van der Waals surface area contributed by atoms with Crippen molar-refractivity contribution < 1.29 is 40.4 Å². The predicted octanol–water partition coefficient (Wildman–Crippen LogP) is 6.37. The number of ether oxygens (including phenoxy) is 1. The summed E-state index contributed by atoms with van der Waals surface area (Å²) in [7, 11) is -4.59. The van der Waals surface area contributed by atoms with Gasteiger partial charge < -0.3 is 14.0 Å². The molecule has 0 saturated carbocycles. The number of alkyl halides is 3. The van der Waals surface area contributed by atoms with Crippen LogP contribution in [0, 0.1) is 10.2 Å². The van der Waals surface area contributed by atoms with Crippen molar-refractivity contribution in [3.63, 3.8) is 0 Å². The average molecular weight is 706 g/mol. The minimum atomic E-state index is -4.82. The molecule has 1 fully saturated rings. The molecule has 0 aromatic heterocycles. The number of carbonyl (C=O) groups excluding carboxylic acids is 1. The molecule has 3 aromatic carbocycles. The molecule has 0 aliphatic carbocycles. The summed E-state index contributed by atoms with van der Waals surface area (Å²) >= 11 is -0.0127. The Hall–Kier alpha value is -3.82. The van der Waals surface area contributed by atoms with Crippen molar-refractivity contribution in [1.29, 1.82) is 5.26 Å². The Morgan fingerprint density at radius 1 is 1.00 bits per heavy atom. The fraction of sp³-hybridized carbons (Fsp3) is 0.312. The van der Waals surface area contributed by atoms with Crippen molar-refractivity contribution in [2.75, 3.05) is 5.32 Å². The fourth-order valence-corrected chi connectivity index (χ4v) is 7.95. The van der Waals surface area contributed by atoms with E-state index in [1.807, 2.05) is 0 Å². The van der Waals surface area contributed by atoms with Gasteiger partial charge >= 0.3 is 130 Å². The second-order valence-electron chi connectivity index (χ2n) is 10.6. The topological polar surface area (TPSA) is 126 Å². The summed E-state index contributed by atoms with van der Waals surface area (Å²) in [6, 6.07) is 17.3. The maximum absolute atomic E-state index is 13.6. The van der Waals surface area contributed by atoms with E-state index in [1.54, 1.807) is 36.4 Å². The van der Waals surface area contributed by atoms with Crippen LogP contribution in [-0.4, -0.2) is 51.8 Å². The maximum atomic E-state index is 13.6. The van der Waals surface area contributed by atoms with Gasteiger partial charge in [-0.25, -0.2) is 0 Å². The average Bonchev–Trinajstić information content (AvgIpc) is 3.60. The quantitative estimate of drug-likeness (QED) is 0.127. The van der Waals surface area contributed by atoms with E-state index in [0.717, 1.165) is 36.4 Å². The Morgan fingerprint density at radius 2 is 1.67 bits per heavy atom. The summed E-state index contributed by atoms with van der Waals surface area (Å²) in [5.74, 6) is -0.909. The van der Waals surface area contributed by atoms with Gasteiger partial charge in [0, 0.05) is 6.42 Å². The number of unbranched alkanes of at least 4 members (excludes halogenated alkanes) is 2. The normalized spacial score (nSPS) is 19.4. The van der Waals surface area contributed by atoms with Crippen LogP contribution >= 0.6 is 0 Å². The number of nitrogens with zero attached hydrogens (tertiary/aromatic N) is 1. The molecule has 13 heteroatoms. The number of halogens is 3. The number of carbonyl (C=O) groups is 1. The van der Waals surface area contributed by atoms with Crippen LogP contribution in [0.2, 0.25) is 5.32 Å². The Bertz CT molecular complexity index is 1720. The number of fused-ring (bicyclic) bond motifs is 2. The van der Waals surface area contributed by atoms with Gasteiger partial charge in [-0.15, -0.1) is 0 Å². The Kier molecular flexibility index (Phi) is 9.89. The number of hydrogen-bond donors (Lipinski definition) is 2. The summed E-state index contributed by atoms with van der Waals surface area (Å²) in [6.45, 7) is 0. The van der Waals surface area contributed by atoms with Crippen molar-refractivity contribution in [2.45, 2.75) is 61.1 Å². The minimum absolute atomic E-state index is 0.0127. The summed E-state index contributed by atoms with van der Waals surface area (Å²) in [5, 5.41) is 20.9. The van der Waals surface area contributed by atoms with E-state index in [9.17, 15) is 31.5 Å². The molecule has 236 valence electrons. The molecule has 3 unspecified atom stereocenters. The number of phenolic OH excluding ortho intramolecular Hbond substituents is 1. The van der Waals surface area contributed by atoms with Gasteiger partial charge in [0.1, 0.15) is 17.1 Å². The van der Waals surface area contributed by atoms with Crippen LogP contribution in [0.25, 0.3) is 11.1 Å². The van der Waals surface area contributed by atoms with E-state index in [4.69, 9.17) is 14.2 Å². The molecule has 45 heavy (non-hydrogen) atoms. The fourth-order valence-electron chi connectivity index (χ4n) is 5.59. The van der Waals surface area contributed by atoms with Crippen LogP contribution in [-0.2, 0) is 25.8 Å². The van der Waals surface area contributed by atoms with Gasteiger partial charge in [0.05, 0.1) is 11.7 Å². The molecule has 5 rings (SSSR count). The monoisotopic (exact) mass is 706 g/mol. The molecule has 1 amide bonds. The van der Waals surface area contributed by atoms with Crippen LogP contribution in [0.15, 0.2) is 72.8 Å². The molecule has 2 bridgehead atoms. The molecule has 2 heterocycles. The number of nitriles is 1. The number of para-hydroxylation sites is 1. The molecule has 3 aromatic rings. The van der Waals surface area contributed by atoms with E-state index >= 15 is 0 Å². The van der Waals surface area contributed by atoms with E-state index in [-0.39, 0.29) is 33.0 Å². The van der Waals surface area contributed by atoms with Crippen molar-refractivity contribution in [3.05, 3.63) is 89.5 Å². The number of rotatable bonds is 12. The summed E-state index contributed by atoms with van der Waals surface area (Å²) in [4.78, 5) is 14.6. The van der Waals surface area contributed by atoms with Gasteiger partial charge in [0.2, 0.25) is 0 Å². The van der Waals surface area contributed by atoms with Crippen LogP contribution in [0.1, 0.15) is 48.8 Å². The Morgan fingerprint density at radius 3 is 2.36 bits per heavy atom. The molecule has 2 aliphatic heterocycles. The molecule has 8 nitrogen and oxygen atoms in total. The van der Waals surface area contributed by atoms with Crippen molar-refractivity contribution in [1.82, 2.24) is 0 Å². The zero-order valence-electron chi connectivity index (χ0n) is 23.8. The van der Waals surface area contributed by atoms with Crippen LogP contribution in [0.4, 0.5) is 18.9 Å². The van der Waals surface area contributed by atoms with E-state index < -0.39 is 45.1 Å². The van der Waals surface area contributed by atoms with Gasteiger partial charge in [-0.05, 0) is 35.4 Å². The first-order valence-electron chi connectivity index (χ1n) is 14.2. The second-order valence-corrected chi connectivity index (χ2v) is 14.2. The molecule has 2 N–H and O–H groups in total. The molecular weight excluding hydrogens is 676 g/mol. The van der Waals surface area contributed by atoms with Crippen LogP contribution in [0.3, 0.4) is 0 Å². The number of benzene rings is 3. The molecule has 2 aliphatic rings. The molecular formula is C32H29F3N2O6SSe. The standard InChI is InChI=1S/C32H29F3N2O6SSe/c33-32(34,35)24-6-3-4-7-25(24)43-44(40,41)27-18-26-29(20-11-15-23(38)16-12-20)30(31(27)42-26)21-9-13-22(14-10-21)37-28(39)8-2-1-5-17-45-19-36/h3-4,6-7,9-16,26-27,31,38H,1-2,5,8,17-18H2,(H,37,39). The third-order valence-electron chi connectivity index (χ3n) is 7.63. The molecule has 1 saturated heterocycles. The van der Waals surface area contributed by atoms with Crippen LogP contribution < -0.4 is 9.50 Å². The number of anilines is 1. The number of amides is 1. The van der Waals surface area contributed by atoms with Crippen molar-refractivity contribution in [2.24, 2.45) is 0 Å². The number of hydrogen-bond acceptors (Lipinski definition) is 7. The number of phenols is 1. The van der Waals surface area contributed by atoms with Gasteiger partial charge in [0.25, 0.3) is 0 Å². The predicted molar refractivity (Wildman–Crippen MR) is 163 cm³/mol. The van der Waals surface area contributed by atoms with Gasteiger partial charge in [-0.2, -0.15) is 21.6 Å². The first-order valence-corrected chi connectivity index (χ1v) is 17.7. The third kappa shape index (κ3) is 7.53. The van der Waals surface area contributed by atoms with Crippen LogP contribution in [0.5, 0.6) is 11.5 Å². The van der Waals surface area contributed by atoms with Crippen molar-refractivity contribution in [3.8, 4) is 16.5 Å². The second kappa shape index (κ2) is 13.7. The molecule has 3 atom stereocenters. The zero-order chi connectivity index (χ0) is 32.2. The number of aromatic hydroxyl groups is 1. The molecule has 0 spiro atoms. The van der Waals surface area contributed by atoms with Gasteiger partial charge in [-0.1, -0.05) is 24.3 Å². The number of nitrogens with one attached hydrogen (secondary N) is 1. The van der Waals surface area contributed by atoms with Gasteiger partial charge in [-0.3, -0.25) is 0 Å². The van der Waals surface area contributed by atoms with Crippen molar-refractivity contribution >= 4 is 47.8 Å². The Balaban J connectivity index is 1.39. The first-order chi connectivity index (χ1) is 21.5. The Labute approximate surface area is 265 Å². The summed E-state index contributed by atoms with van der Waals surface area (Å²) < 4.78 is 78.9. The SMILES string of the molecule is N#C[Se]CCCCCC(=O)Nc1ccc(C2=C(c3ccc(O)cc3)C3CC(S(=O)(=O)Oc4ccccc4C(F)(F)F)C2O3)cc1. The summed E-state index contributed by atoms with van der Waals surface area (Å²) in [6.07, 6.45) is -3.76. The first kappa shape index (κ1) is 32.6. The molecule has 0 radical (unpaired) electrons. The third-order valence-corrected chi connectivity index (χ3v) is 10.5. The van der Waals surface area contributed by atoms with E-state index in [0.29, 0.717) is 40.8 Å². The summed E-state index contributed by atoms with van der Waals surface area (Å²) in [5.41, 5.74) is 1.90.